The number of H-pyrrole nitrogens is 1. The zero-order valence-corrected chi connectivity index (χ0v) is 7.98. The Morgan fingerprint density at radius 1 is 1.53 bits per heavy atom. The molecule has 5 heteroatoms. The third-order valence-electron chi connectivity index (χ3n) is 2.05. The number of carbonyl (C=O) groups is 1. The van der Waals surface area contributed by atoms with Gasteiger partial charge in [-0.2, -0.15) is 0 Å². The molecule has 2 aromatic heterocycles. The largest absolute Gasteiger partial charge is 0.464 e. The zero-order valence-electron chi connectivity index (χ0n) is 7.98. The summed E-state index contributed by atoms with van der Waals surface area (Å²) in [5.74, 6) is -0.564. The van der Waals surface area contributed by atoms with Crippen LogP contribution in [-0.2, 0) is 4.74 Å². The van der Waals surface area contributed by atoms with E-state index in [-0.39, 0.29) is 11.3 Å². The molecule has 0 atom stereocenters. The molecule has 0 radical (unpaired) electrons. The molecule has 0 unspecified atom stereocenters. The number of nitrogens with zero attached hydrogens (tertiary/aromatic N) is 1. The van der Waals surface area contributed by atoms with E-state index in [4.69, 9.17) is 0 Å². The molecule has 0 saturated heterocycles. The van der Waals surface area contributed by atoms with Gasteiger partial charge in [0.25, 0.3) is 5.56 Å². The van der Waals surface area contributed by atoms with Gasteiger partial charge >= 0.3 is 5.97 Å². The molecule has 0 bridgehead atoms. The molecule has 2 heterocycles. The quantitative estimate of drug-likeness (QED) is 0.694. The highest BCUT2D eigenvalue weighted by Gasteiger charge is 2.08. The number of fused-ring (bicyclic) bond motifs is 1. The van der Waals surface area contributed by atoms with E-state index in [2.05, 4.69) is 14.7 Å². The zero-order chi connectivity index (χ0) is 10.8. The van der Waals surface area contributed by atoms with Crippen molar-refractivity contribution in [2.45, 2.75) is 0 Å². The minimum Gasteiger partial charge on any atom is -0.464 e. The smallest absolute Gasteiger partial charge is 0.354 e. The third-order valence-corrected chi connectivity index (χ3v) is 2.05. The summed E-state index contributed by atoms with van der Waals surface area (Å²) < 4.78 is 4.52. The van der Waals surface area contributed by atoms with Crippen LogP contribution in [0.25, 0.3) is 10.8 Å². The molecule has 1 N–H and O–H groups in total. The highest BCUT2D eigenvalue weighted by molar-refractivity contribution is 5.92. The first-order valence-corrected chi connectivity index (χ1v) is 4.28. The average molecular weight is 204 g/mol. The van der Waals surface area contributed by atoms with E-state index < -0.39 is 5.97 Å². The summed E-state index contributed by atoms with van der Waals surface area (Å²) in [4.78, 5) is 29.0. The van der Waals surface area contributed by atoms with E-state index >= 15 is 0 Å². The second kappa shape index (κ2) is 3.53. The van der Waals surface area contributed by atoms with Crippen LogP contribution in [0.15, 0.2) is 29.3 Å². The molecule has 2 aromatic rings. The molecule has 15 heavy (non-hydrogen) atoms. The Morgan fingerprint density at radius 2 is 2.33 bits per heavy atom. The highest BCUT2D eigenvalue weighted by Crippen LogP contribution is 2.08. The number of methoxy groups -OCH3 is 1. The summed E-state index contributed by atoms with van der Waals surface area (Å²) in [6.07, 6.45) is 3.01. The molecule has 0 spiro atoms. The van der Waals surface area contributed by atoms with Crippen LogP contribution in [0.2, 0.25) is 0 Å². The van der Waals surface area contributed by atoms with Crippen LogP contribution in [0.5, 0.6) is 0 Å². The van der Waals surface area contributed by atoms with E-state index in [0.717, 1.165) is 0 Å². The van der Waals surface area contributed by atoms with Crippen LogP contribution in [0.4, 0.5) is 0 Å². The van der Waals surface area contributed by atoms with Gasteiger partial charge in [0.15, 0.2) is 0 Å². The van der Waals surface area contributed by atoms with Gasteiger partial charge in [0, 0.05) is 12.4 Å². The number of aromatic nitrogens is 2. The van der Waals surface area contributed by atoms with Crippen molar-refractivity contribution in [2.24, 2.45) is 0 Å². The van der Waals surface area contributed by atoms with Crippen molar-refractivity contribution in [3.8, 4) is 0 Å². The Balaban J connectivity index is 2.73. The Hall–Kier alpha value is -2.17. The van der Waals surface area contributed by atoms with E-state index in [0.29, 0.717) is 10.8 Å². The molecule has 5 nitrogen and oxygen atoms in total. The molecule has 0 aliphatic rings. The lowest BCUT2D eigenvalue weighted by Crippen LogP contribution is -2.14. The van der Waals surface area contributed by atoms with Crippen LogP contribution < -0.4 is 5.56 Å². The summed E-state index contributed by atoms with van der Waals surface area (Å²) >= 11 is 0. The van der Waals surface area contributed by atoms with Crippen LogP contribution in [0.1, 0.15) is 10.5 Å². The van der Waals surface area contributed by atoms with Crippen molar-refractivity contribution >= 4 is 16.7 Å². The molecule has 0 aliphatic carbocycles. The fourth-order valence-corrected chi connectivity index (χ4v) is 1.32. The van der Waals surface area contributed by atoms with Crippen LogP contribution in [-0.4, -0.2) is 23.0 Å². The number of aromatic amines is 1. The number of pyridine rings is 2. The lowest BCUT2D eigenvalue weighted by atomic mass is 10.2. The second-order valence-electron chi connectivity index (χ2n) is 2.97. The lowest BCUT2D eigenvalue weighted by molar-refractivity contribution is 0.0594. The minimum absolute atomic E-state index is 0.140. The first-order chi connectivity index (χ1) is 7.22. The molecule has 0 aromatic carbocycles. The molecular formula is C10H8N2O3. The summed E-state index contributed by atoms with van der Waals surface area (Å²) in [6.45, 7) is 0. The molecule has 0 aliphatic heterocycles. The van der Waals surface area contributed by atoms with E-state index in [1.807, 2.05) is 0 Å². The first kappa shape index (κ1) is 9.39. The number of rotatable bonds is 1. The topological polar surface area (TPSA) is 72.0 Å². The maximum absolute atomic E-state index is 11.5. The van der Waals surface area contributed by atoms with E-state index in [9.17, 15) is 9.59 Å². The van der Waals surface area contributed by atoms with Gasteiger partial charge in [0.05, 0.1) is 12.5 Å². The Kier molecular flexibility index (Phi) is 2.21. The predicted octanol–water partition coefficient (Wildman–Crippen LogP) is 0.710. The molecular weight excluding hydrogens is 196 g/mol. The SMILES string of the molecule is COC(=O)c1cc2ccncc2c(=O)[nH]1. The Bertz CT molecular complexity index is 574. The normalized spacial score (nSPS) is 10.2. The van der Waals surface area contributed by atoms with Crippen molar-refractivity contribution < 1.29 is 9.53 Å². The number of hydrogen-bond donors (Lipinski definition) is 1. The van der Waals surface area contributed by atoms with Gasteiger partial charge in [-0.05, 0) is 17.5 Å². The molecule has 0 amide bonds. The van der Waals surface area contributed by atoms with Gasteiger partial charge in [0.2, 0.25) is 0 Å². The Morgan fingerprint density at radius 3 is 3.07 bits per heavy atom. The first-order valence-electron chi connectivity index (χ1n) is 4.28. The molecule has 76 valence electrons. The second-order valence-corrected chi connectivity index (χ2v) is 2.97. The summed E-state index contributed by atoms with van der Waals surface area (Å²) in [5.41, 5.74) is -0.206. The minimum atomic E-state index is -0.564. The fourth-order valence-electron chi connectivity index (χ4n) is 1.32. The maximum atomic E-state index is 11.5. The van der Waals surface area contributed by atoms with E-state index in [1.165, 1.54) is 13.3 Å². The maximum Gasteiger partial charge on any atom is 0.354 e. The van der Waals surface area contributed by atoms with Crippen LogP contribution >= 0.6 is 0 Å². The van der Waals surface area contributed by atoms with Crippen molar-refractivity contribution in [2.75, 3.05) is 7.11 Å². The van der Waals surface area contributed by atoms with Crippen molar-refractivity contribution in [3.05, 3.63) is 40.6 Å². The van der Waals surface area contributed by atoms with Gasteiger partial charge < -0.3 is 9.72 Å². The molecule has 0 fully saturated rings. The average Bonchev–Trinajstić information content (AvgIpc) is 2.28. The fraction of sp³-hybridized carbons (Fsp3) is 0.100. The third kappa shape index (κ3) is 1.59. The van der Waals surface area contributed by atoms with Crippen molar-refractivity contribution in [1.29, 1.82) is 0 Å². The van der Waals surface area contributed by atoms with Crippen molar-refractivity contribution in [3.63, 3.8) is 0 Å². The summed E-state index contributed by atoms with van der Waals surface area (Å²) in [6, 6.07) is 3.22. The van der Waals surface area contributed by atoms with E-state index in [1.54, 1.807) is 18.3 Å². The number of esters is 1. The number of ether oxygens (including phenoxy) is 1. The summed E-state index contributed by atoms with van der Waals surface area (Å²) in [7, 11) is 1.26. The summed E-state index contributed by atoms with van der Waals surface area (Å²) in [5, 5.41) is 1.11. The Labute approximate surface area is 84.7 Å². The van der Waals surface area contributed by atoms with Crippen LogP contribution in [0, 0.1) is 0 Å². The standard InChI is InChI=1S/C10H8N2O3/c1-15-10(14)8-4-6-2-3-11-5-7(6)9(13)12-8/h2-5H,1H3,(H,12,13). The van der Waals surface area contributed by atoms with Crippen LogP contribution in [0.3, 0.4) is 0 Å². The highest BCUT2D eigenvalue weighted by atomic mass is 16.5. The number of nitrogens with one attached hydrogen (secondary N) is 1. The number of carbonyl (C=O) groups excluding carboxylic acids is 1. The van der Waals surface area contributed by atoms with Gasteiger partial charge in [-0.25, -0.2) is 4.79 Å². The lowest BCUT2D eigenvalue weighted by Gasteiger charge is -2.00. The van der Waals surface area contributed by atoms with Gasteiger partial charge in [-0.3, -0.25) is 9.78 Å². The molecule has 2 rings (SSSR count). The molecule has 0 saturated carbocycles. The van der Waals surface area contributed by atoms with Crippen molar-refractivity contribution in [1.82, 2.24) is 9.97 Å². The monoisotopic (exact) mass is 204 g/mol. The van der Waals surface area contributed by atoms with Gasteiger partial charge in [-0.1, -0.05) is 0 Å². The predicted molar refractivity (Wildman–Crippen MR) is 53.7 cm³/mol. The van der Waals surface area contributed by atoms with Gasteiger partial charge in [0.1, 0.15) is 5.69 Å². The van der Waals surface area contributed by atoms with Gasteiger partial charge in [-0.15, -0.1) is 0 Å². The number of hydrogen-bond acceptors (Lipinski definition) is 4.